The first kappa shape index (κ1) is 23.4. The molecule has 38 heavy (non-hydrogen) atoms. The number of hydrogen-bond acceptors (Lipinski definition) is 0. The second-order valence-electron chi connectivity index (χ2n) is 13.4. The fourth-order valence-electron chi connectivity index (χ4n) is 10.6. The van der Waals surface area contributed by atoms with Crippen LogP contribution in [0.5, 0.6) is 0 Å². The van der Waals surface area contributed by atoms with Gasteiger partial charge in [0, 0.05) is 11.3 Å². The standard InChI is InChI=1S/C37H39B/c1-2-3-13-27-29-20-24-11-4-5-14-26(24)30(29)21-34-35(27)28-15-6-7-16-31(28)37(34)23-36(19-10-12-25(38)22-36)32-17-8-9-18-33(32)37/h3-5,7-14,16-19,21,24,26-27,29-30,32-33,35H,2,6,15,20,22-23H2,1H3/b13-3-/t24?,26-,27?,29?,30?,32?,33?,35?,36-,37?/m0/s1. The van der Waals surface area contributed by atoms with Crippen LogP contribution in [0.25, 0.3) is 0 Å². The molecule has 1 heteroatoms. The molecule has 0 saturated heterocycles. The van der Waals surface area contributed by atoms with Gasteiger partial charge in [-0.1, -0.05) is 115 Å². The van der Waals surface area contributed by atoms with E-state index >= 15 is 0 Å². The van der Waals surface area contributed by atoms with Crippen molar-refractivity contribution in [2.45, 2.75) is 45.4 Å². The maximum Gasteiger partial charge on any atom is 0.107 e. The molecule has 8 rings (SSSR count). The SMILES string of the molecule is [B]C1=CC=C[C@]2(C1)CC1(C3=CC4C(CC5C=CC=C[C@@H]54)C(/C=C\CC)C3C3=C1C=CCC3)C1C=CC=CC12. The molecule has 2 fully saturated rings. The van der Waals surface area contributed by atoms with Crippen LogP contribution in [0.1, 0.15) is 45.4 Å². The zero-order valence-electron chi connectivity index (χ0n) is 22.7. The normalized spacial score (nSPS) is 47.0. The lowest BCUT2D eigenvalue weighted by Crippen LogP contribution is -2.37. The molecule has 8 unspecified atom stereocenters. The first-order valence-electron chi connectivity index (χ1n) is 15.3. The monoisotopic (exact) mass is 494 g/mol. The van der Waals surface area contributed by atoms with Crippen molar-refractivity contribution in [3.8, 4) is 0 Å². The summed E-state index contributed by atoms with van der Waals surface area (Å²) in [7, 11) is 6.59. The zero-order chi connectivity index (χ0) is 25.5. The third-order valence-electron chi connectivity index (χ3n) is 11.8. The summed E-state index contributed by atoms with van der Waals surface area (Å²) in [5, 5.41) is 0. The van der Waals surface area contributed by atoms with Crippen molar-refractivity contribution in [2.24, 2.45) is 58.2 Å². The Kier molecular flexibility index (Phi) is 5.21. The summed E-state index contributed by atoms with van der Waals surface area (Å²) in [6.45, 7) is 2.30. The van der Waals surface area contributed by atoms with Gasteiger partial charge in [0.2, 0.25) is 0 Å². The summed E-state index contributed by atoms with van der Waals surface area (Å²) in [5.41, 5.74) is 6.50. The fourth-order valence-corrected chi connectivity index (χ4v) is 10.6. The molecule has 8 aliphatic carbocycles. The zero-order valence-corrected chi connectivity index (χ0v) is 22.7. The third kappa shape index (κ3) is 3.00. The van der Waals surface area contributed by atoms with Crippen LogP contribution >= 0.6 is 0 Å². The van der Waals surface area contributed by atoms with Crippen molar-refractivity contribution in [3.63, 3.8) is 0 Å². The maximum absolute atomic E-state index is 6.59. The molecule has 0 heterocycles. The lowest BCUT2D eigenvalue weighted by Gasteiger charge is -2.44. The summed E-state index contributed by atoms with van der Waals surface area (Å²) in [6, 6.07) is 0. The number of allylic oxidation sites excluding steroid dienone is 20. The summed E-state index contributed by atoms with van der Waals surface area (Å²) in [6.07, 6.45) is 46.5. The fraction of sp³-hybridized carbons (Fsp3) is 0.459. The molecule has 0 bridgehead atoms. The molecule has 0 amide bonds. The summed E-state index contributed by atoms with van der Waals surface area (Å²) in [4.78, 5) is 0. The van der Waals surface area contributed by atoms with E-state index in [1.165, 1.54) is 25.7 Å². The van der Waals surface area contributed by atoms with Gasteiger partial charge in [0.25, 0.3) is 0 Å². The minimum Gasteiger partial charge on any atom is -0.117 e. The molecular formula is C37H39B. The molecule has 2 saturated carbocycles. The van der Waals surface area contributed by atoms with Crippen LogP contribution in [0.15, 0.2) is 119 Å². The van der Waals surface area contributed by atoms with E-state index in [-0.39, 0.29) is 10.8 Å². The highest BCUT2D eigenvalue weighted by Gasteiger charge is 2.67. The molecule has 0 nitrogen and oxygen atoms in total. The van der Waals surface area contributed by atoms with Gasteiger partial charge in [0.1, 0.15) is 7.85 Å². The van der Waals surface area contributed by atoms with Gasteiger partial charge in [0.15, 0.2) is 0 Å². The van der Waals surface area contributed by atoms with E-state index in [0.717, 1.165) is 24.2 Å². The van der Waals surface area contributed by atoms with Gasteiger partial charge in [-0.3, -0.25) is 0 Å². The molecule has 190 valence electrons. The molecule has 2 spiro atoms. The minimum atomic E-state index is 0.0837. The van der Waals surface area contributed by atoms with E-state index in [4.69, 9.17) is 7.85 Å². The predicted octanol–water partition coefficient (Wildman–Crippen LogP) is 8.53. The highest BCUT2D eigenvalue weighted by atomic mass is 14.7. The molecule has 0 aromatic carbocycles. The molecule has 0 aliphatic heterocycles. The van der Waals surface area contributed by atoms with Gasteiger partial charge < -0.3 is 0 Å². The van der Waals surface area contributed by atoms with Gasteiger partial charge in [0.05, 0.1) is 0 Å². The van der Waals surface area contributed by atoms with Crippen molar-refractivity contribution >= 4 is 7.85 Å². The van der Waals surface area contributed by atoms with E-state index < -0.39 is 0 Å². The molecular weight excluding hydrogens is 455 g/mol. The maximum atomic E-state index is 6.59. The van der Waals surface area contributed by atoms with Crippen LogP contribution in [0, 0.1) is 58.2 Å². The van der Waals surface area contributed by atoms with Crippen LogP contribution in [-0.4, -0.2) is 7.85 Å². The van der Waals surface area contributed by atoms with E-state index in [1.54, 1.807) is 16.7 Å². The largest absolute Gasteiger partial charge is 0.117 e. The van der Waals surface area contributed by atoms with Crippen molar-refractivity contribution in [1.82, 2.24) is 0 Å². The molecule has 0 N–H and O–H groups in total. The Hall–Kier alpha value is -2.54. The topological polar surface area (TPSA) is 0 Å². The van der Waals surface area contributed by atoms with Gasteiger partial charge in [-0.25, -0.2) is 0 Å². The average Bonchev–Trinajstić information content (AvgIpc) is 3.55. The summed E-state index contributed by atoms with van der Waals surface area (Å²) < 4.78 is 0. The summed E-state index contributed by atoms with van der Waals surface area (Å²) in [5.74, 6) is 4.92. The second kappa shape index (κ2) is 8.48. The van der Waals surface area contributed by atoms with Crippen LogP contribution < -0.4 is 0 Å². The Bertz CT molecular complexity index is 1350. The Morgan fingerprint density at radius 3 is 2.71 bits per heavy atom. The van der Waals surface area contributed by atoms with Crippen LogP contribution in [0.2, 0.25) is 0 Å². The Morgan fingerprint density at radius 2 is 1.84 bits per heavy atom. The van der Waals surface area contributed by atoms with Crippen LogP contribution in [0.3, 0.4) is 0 Å². The molecule has 10 atom stereocenters. The Balaban J connectivity index is 1.35. The van der Waals surface area contributed by atoms with Crippen LogP contribution in [0.4, 0.5) is 0 Å². The molecule has 8 aliphatic rings. The second-order valence-corrected chi connectivity index (χ2v) is 13.4. The Labute approximate surface area is 230 Å². The number of hydrogen-bond donors (Lipinski definition) is 0. The average molecular weight is 495 g/mol. The highest BCUT2D eigenvalue weighted by molar-refractivity contribution is 6.21. The number of fused-ring (bicyclic) bond motifs is 10. The van der Waals surface area contributed by atoms with Crippen molar-refractivity contribution in [3.05, 3.63) is 119 Å². The van der Waals surface area contributed by atoms with Gasteiger partial charge in [-0.15, -0.1) is 5.47 Å². The van der Waals surface area contributed by atoms with Gasteiger partial charge >= 0.3 is 0 Å². The Morgan fingerprint density at radius 1 is 1.00 bits per heavy atom. The van der Waals surface area contributed by atoms with Gasteiger partial charge in [-0.05, 0) is 90.9 Å². The number of rotatable bonds is 2. The van der Waals surface area contributed by atoms with Crippen molar-refractivity contribution in [2.75, 3.05) is 0 Å². The van der Waals surface area contributed by atoms with E-state index in [0.29, 0.717) is 41.4 Å². The van der Waals surface area contributed by atoms with Crippen LogP contribution in [-0.2, 0) is 0 Å². The first-order chi connectivity index (χ1) is 18.7. The third-order valence-corrected chi connectivity index (χ3v) is 11.8. The van der Waals surface area contributed by atoms with E-state index in [2.05, 4.69) is 104 Å². The highest BCUT2D eigenvalue weighted by Crippen LogP contribution is 2.75. The minimum absolute atomic E-state index is 0.0837. The predicted molar refractivity (Wildman–Crippen MR) is 159 cm³/mol. The van der Waals surface area contributed by atoms with Crippen molar-refractivity contribution < 1.29 is 0 Å². The van der Waals surface area contributed by atoms with Gasteiger partial charge in [-0.2, -0.15) is 0 Å². The molecule has 0 aromatic heterocycles. The lowest BCUT2D eigenvalue weighted by molar-refractivity contribution is 0.232. The first-order valence-corrected chi connectivity index (χ1v) is 15.3. The lowest BCUT2D eigenvalue weighted by atomic mass is 9.59. The quantitative estimate of drug-likeness (QED) is 0.267. The molecule has 0 aromatic rings. The van der Waals surface area contributed by atoms with Crippen molar-refractivity contribution in [1.29, 1.82) is 0 Å². The molecule has 2 radical (unpaired) electrons. The smallest absolute Gasteiger partial charge is 0.107 e. The van der Waals surface area contributed by atoms with E-state index in [9.17, 15) is 0 Å². The summed E-state index contributed by atoms with van der Waals surface area (Å²) >= 11 is 0. The van der Waals surface area contributed by atoms with E-state index in [1.807, 2.05) is 0 Å².